The number of aliphatic hydroxyl groups is 1. The van der Waals surface area contributed by atoms with Gasteiger partial charge in [0.1, 0.15) is 6.23 Å². The zero-order valence-electron chi connectivity index (χ0n) is 5.18. The second-order valence-corrected chi connectivity index (χ2v) is 1.80. The van der Waals surface area contributed by atoms with E-state index in [9.17, 15) is 0 Å². The van der Waals surface area contributed by atoms with Crippen LogP contribution in [0.1, 0.15) is 13.8 Å². The van der Waals surface area contributed by atoms with Crippen LogP contribution in [0.25, 0.3) is 0 Å². The fraction of sp³-hybridized carbons (Fsp3) is 0.800. The fourth-order valence-corrected chi connectivity index (χ4v) is 0.429. The van der Waals surface area contributed by atoms with Crippen molar-refractivity contribution in [2.75, 3.05) is 0 Å². The van der Waals surface area contributed by atoms with Crippen LogP contribution in [0.2, 0.25) is 0 Å². The number of rotatable bonds is 3. The maximum absolute atomic E-state index is 8.64. The lowest BCUT2D eigenvalue weighted by atomic mass is 10.4. The highest BCUT2D eigenvalue weighted by Crippen LogP contribution is 1.76. The highest BCUT2D eigenvalue weighted by Gasteiger charge is 1.97. The van der Waals surface area contributed by atoms with Crippen molar-refractivity contribution in [3.63, 3.8) is 0 Å². The molecule has 0 fully saturated rings. The lowest BCUT2D eigenvalue weighted by Gasteiger charge is -2.09. The Balaban J connectivity index is 3.23. The van der Waals surface area contributed by atoms with E-state index < -0.39 is 6.23 Å². The summed E-state index contributed by atoms with van der Waals surface area (Å²) in [6.45, 7) is 3.43. The normalized spacial score (nSPS) is 17.4. The van der Waals surface area contributed by atoms with Crippen LogP contribution >= 0.6 is 0 Å². The Morgan fingerprint density at radius 2 is 2.12 bits per heavy atom. The van der Waals surface area contributed by atoms with Gasteiger partial charge in [0, 0.05) is 12.3 Å². The van der Waals surface area contributed by atoms with E-state index in [4.69, 9.17) is 10.5 Å². The summed E-state index contributed by atoms with van der Waals surface area (Å²) in [4.78, 5) is 0. The van der Waals surface area contributed by atoms with E-state index in [1.54, 1.807) is 13.8 Å². The Morgan fingerprint density at radius 1 is 1.62 bits per heavy atom. The largest absolute Gasteiger partial charge is 0.379 e. The molecule has 0 aromatic rings. The van der Waals surface area contributed by atoms with Gasteiger partial charge in [-0.25, -0.2) is 0 Å². The standard InChI is InChI=1S/C5H12N2O/c1-4(3-6)7-5(2)8/h3-8H,1-2H3. The van der Waals surface area contributed by atoms with E-state index in [2.05, 4.69) is 5.32 Å². The van der Waals surface area contributed by atoms with E-state index in [1.807, 2.05) is 0 Å². The topological polar surface area (TPSA) is 56.1 Å². The first kappa shape index (κ1) is 7.59. The van der Waals surface area contributed by atoms with Crippen molar-refractivity contribution in [2.24, 2.45) is 0 Å². The molecule has 3 nitrogen and oxygen atoms in total. The Kier molecular flexibility index (Phi) is 3.39. The minimum Gasteiger partial charge on any atom is -0.379 e. The minimum atomic E-state index is -0.522. The third-order valence-corrected chi connectivity index (χ3v) is 0.754. The van der Waals surface area contributed by atoms with Crippen LogP contribution < -0.4 is 5.32 Å². The molecule has 0 aromatic carbocycles. The van der Waals surface area contributed by atoms with Crippen LogP contribution in [-0.2, 0) is 0 Å². The number of hydrogen-bond acceptors (Lipinski definition) is 3. The maximum Gasteiger partial charge on any atom is 0.102 e. The minimum absolute atomic E-state index is 0.0324. The van der Waals surface area contributed by atoms with Gasteiger partial charge in [-0.3, -0.25) is 5.32 Å². The third kappa shape index (κ3) is 3.77. The van der Waals surface area contributed by atoms with Gasteiger partial charge in [0.15, 0.2) is 0 Å². The smallest absolute Gasteiger partial charge is 0.102 e. The predicted molar refractivity (Wildman–Crippen MR) is 33.1 cm³/mol. The van der Waals surface area contributed by atoms with Crippen LogP contribution in [0, 0.1) is 5.41 Å². The van der Waals surface area contributed by atoms with Gasteiger partial charge in [0.05, 0.1) is 0 Å². The van der Waals surface area contributed by atoms with Crippen molar-refractivity contribution in [1.29, 1.82) is 5.41 Å². The van der Waals surface area contributed by atoms with E-state index in [-0.39, 0.29) is 6.04 Å². The van der Waals surface area contributed by atoms with Gasteiger partial charge >= 0.3 is 0 Å². The van der Waals surface area contributed by atoms with E-state index in [0.29, 0.717) is 0 Å². The summed E-state index contributed by atoms with van der Waals surface area (Å²) in [5.74, 6) is 0. The van der Waals surface area contributed by atoms with Crippen molar-refractivity contribution in [1.82, 2.24) is 5.32 Å². The monoisotopic (exact) mass is 116 g/mol. The summed E-state index contributed by atoms with van der Waals surface area (Å²) in [7, 11) is 0. The first-order valence-corrected chi connectivity index (χ1v) is 2.61. The van der Waals surface area contributed by atoms with Crippen molar-refractivity contribution in [3.8, 4) is 0 Å². The molecule has 0 heterocycles. The molecule has 2 unspecified atom stereocenters. The molecule has 0 saturated heterocycles. The van der Waals surface area contributed by atoms with Crippen LogP contribution in [0.3, 0.4) is 0 Å². The first-order valence-electron chi connectivity index (χ1n) is 2.61. The van der Waals surface area contributed by atoms with Crippen molar-refractivity contribution < 1.29 is 5.11 Å². The van der Waals surface area contributed by atoms with Crippen molar-refractivity contribution >= 4 is 6.21 Å². The molecular weight excluding hydrogens is 104 g/mol. The van der Waals surface area contributed by atoms with Crippen LogP contribution in [-0.4, -0.2) is 23.6 Å². The highest BCUT2D eigenvalue weighted by atomic mass is 16.3. The zero-order valence-corrected chi connectivity index (χ0v) is 5.18. The van der Waals surface area contributed by atoms with Gasteiger partial charge in [-0.05, 0) is 13.8 Å². The molecule has 0 saturated carbocycles. The molecule has 0 aliphatic rings. The molecule has 0 aliphatic heterocycles. The molecule has 0 amide bonds. The van der Waals surface area contributed by atoms with Gasteiger partial charge in [-0.1, -0.05) is 0 Å². The number of aliphatic hydroxyl groups excluding tert-OH is 1. The van der Waals surface area contributed by atoms with Gasteiger partial charge in [-0.2, -0.15) is 0 Å². The molecule has 48 valence electrons. The van der Waals surface area contributed by atoms with E-state index >= 15 is 0 Å². The van der Waals surface area contributed by atoms with Crippen LogP contribution in [0.5, 0.6) is 0 Å². The summed E-state index contributed by atoms with van der Waals surface area (Å²) >= 11 is 0. The van der Waals surface area contributed by atoms with Gasteiger partial charge < -0.3 is 10.5 Å². The van der Waals surface area contributed by atoms with Gasteiger partial charge in [0.25, 0.3) is 0 Å². The Labute approximate surface area is 49.2 Å². The lowest BCUT2D eigenvalue weighted by Crippen LogP contribution is -2.34. The molecule has 0 bridgehead atoms. The predicted octanol–water partition coefficient (Wildman–Crippen LogP) is -0.0476. The summed E-state index contributed by atoms with van der Waals surface area (Å²) < 4.78 is 0. The van der Waals surface area contributed by atoms with E-state index in [0.717, 1.165) is 0 Å². The van der Waals surface area contributed by atoms with Crippen molar-refractivity contribution in [2.45, 2.75) is 26.1 Å². The average molecular weight is 116 g/mol. The van der Waals surface area contributed by atoms with Crippen LogP contribution in [0.4, 0.5) is 0 Å². The zero-order chi connectivity index (χ0) is 6.57. The lowest BCUT2D eigenvalue weighted by molar-refractivity contribution is 0.153. The van der Waals surface area contributed by atoms with Gasteiger partial charge in [-0.15, -0.1) is 0 Å². The molecule has 0 radical (unpaired) electrons. The maximum atomic E-state index is 8.64. The van der Waals surface area contributed by atoms with Gasteiger partial charge in [0.2, 0.25) is 0 Å². The Bertz CT molecular complexity index is 72.8. The average Bonchev–Trinajstić information content (AvgIpc) is 1.65. The molecule has 2 atom stereocenters. The molecule has 3 N–H and O–H groups in total. The second kappa shape index (κ2) is 3.57. The second-order valence-electron chi connectivity index (χ2n) is 1.80. The highest BCUT2D eigenvalue weighted by molar-refractivity contribution is 5.59. The quantitative estimate of drug-likeness (QED) is 0.358. The van der Waals surface area contributed by atoms with Crippen LogP contribution in [0.15, 0.2) is 0 Å². The molecule has 0 aromatic heterocycles. The summed E-state index contributed by atoms with van der Waals surface area (Å²) in [5, 5.41) is 18.0. The number of nitrogens with one attached hydrogen (secondary N) is 2. The van der Waals surface area contributed by atoms with E-state index in [1.165, 1.54) is 6.21 Å². The third-order valence-electron chi connectivity index (χ3n) is 0.754. The summed E-state index contributed by atoms with van der Waals surface area (Å²) in [6.07, 6.45) is 0.721. The number of hydrogen-bond donors (Lipinski definition) is 3. The SMILES string of the molecule is CC(O)NC(C)C=N. The summed E-state index contributed by atoms with van der Waals surface area (Å²) in [6, 6.07) is -0.0324. The Morgan fingerprint density at radius 3 is 2.25 bits per heavy atom. The first-order chi connectivity index (χ1) is 3.66. The van der Waals surface area contributed by atoms with Crippen molar-refractivity contribution in [3.05, 3.63) is 0 Å². The molecular formula is C5H12N2O. The molecule has 8 heavy (non-hydrogen) atoms. The molecule has 0 aliphatic carbocycles. The molecule has 0 spiro atoms. The Hall–Kier alpha value is -0.410. The molecule has 0 rings (SSSR count). The molecule has 3 heteroatoms. The summed E-state index contributed by atoms with van der Waals surface area (Å²) in [5.41, 5.74) is 0. The fourth-order valence-electron chi connectivity index (χ4n) is 0.429.